The molecule has 0 saturated carbocycles. The molecule has 4 aromatic carbocycles. The van der Waals surface area contributed by atoms with Crippen LogP contribution in [0.3, 0.4) is 0 Å². The number of pyridine rings is 3. The van der Waals surface area contributed by atoms with Gasteiger partial charge in [-0.25, -0.2) is 49.3 Å². The molecule has 400 valence electrons. The van der Waals surface area contributed by atoms with E-state index >= 15 is 0 Å². The van der Waals surface area contributed by atoms with Gasteiger partial charge in [0.25, 0.3) is 20.0 Å². The maximum absolute atomic E-state index is 13.6. The summed E-state index contributed by atoms with van der Waals surface area (Å²) in [6.07, 6.45) is 7.27. The molecule has 0 radical (unpaired) electrons. The van der Waals surface area contributed by atoms with E-state index in [1.807, 2.05) is 12.3 Å². The predicted molar refractivity (Wildman–Crippen MR) is 296 cm³/mol. The fourth-order valence-corrected chi connectivity index (χ4v) is 11.3. The number of esters is 4. The average molecular weight is 1090 g/mol. The van der Waals surface area contributed by atoms with Crippen LogP contribution < -0.4 is 4.74 Å². The monoisotopic (exact) mass is 1090 g/mol. The van der Waals surface area contributed by atoms with E-state index in [0.29, 0.717) is 21.7 Å². The lowest BCUT2D eigenvalue weighted by molar-refractivity contribution is -0.155. The third kappa shape index (κ3) is 12.0. The van der Waals surface area contributed by atoms with Crippen molar-refractivity contribution >= 4 is 105 Å². The van der Waals surface area contributed by atoms with Gasteiger partial charge in [0.15, 0.2) is 17.0 Å². The summed E-state index contributed by atoms with van der Waals surface area (Å²) in [6, 6.07) is 35.8. The van der Waals surface area contributed by atoms with Gasteiger partial charge in [0.2, 0.25) is 0 Å². The van der Waals surface area contributed by atoms with Crippen LogP contribution in [-0.4, -0.2) is 87.4 Å². The maximum atomic E-state index is 13.6. The van der Waals surface area contributed by atoms with Gasteiger partial charge < -0.3 is 23.9 Å². The summed E-state index contributed by atoms with van der Waals surface area (Å²) < 4.78 is 76.6. The first-order chi connectivity index (χ1) is 37.2. The van der Waals surface area contributed by atoms with Crippen LogP contribution in [0.4, 0.5) is 0 Å². The molecule has 1 N–H and O–H groups in total. The van der Waals surface area contributed by atoms with Crippen LogP contribution in [-0.2, 0) is 48.6 Å². The number of aromatic nitrogens is 6. The van der Waals surface area contributed by atoms with Crippen molar-refractivity contribution in [3.05, 3.63) is 174 Å². The number of aryl methyl sites for hydroxylation is 1. The molecule has 0 aliphatic carbocycles. The van der Waals surface area contributed by atoms with Crippen molar-refractivity contribution in [3.63, 3.8) is 0 Å². The predicted octanol–water partition coefficient (Wildman–Crippen LogP) is 10.5. The maximum Gasteiger partial charge on any atom is 0.338 e. The summed E-state index contributed by atoms with van der Waals surface area (Å²) in [5.74, 6) is -2.64. The minimum absolute atomic E-state index is 0.0442. The number of carbonyl (C=O) groups excluding carboxylic acids is 4. The lowest BCUT2D eigenvalue weighted by Crippen LogP contribution is -2.25. The molecule has 0 bridgehead atoms. The standard InChI is InChI=1S/C24H26N2O6S.C22H18N2O6S.C12H10N2/c1-5-31-23(28)17(15-21(27)32-24(2,3)4)14-18-16-26(22-20(18)12-9-13-25-22)33(29,30)19-10-7-6-8-11-19;1-3-29-22(26)15-12-18-17-10-7-11-23-21(17)24(20(18)19(13-15)30-14(2)25)31(27,28)16-8-5-4-6-9-16;1-8-4-5-11-10(7-8)9-3-2-6-13-12(9)14-11/h6-14,16H,5,15H2,1-4H3;4-13H,3H2,1-2H3;2-7H,1H3,(H,13,14)/b17-14+;;. The Kier molecular flexibility index (Phi) is 16.3. The lowest BCUT2D eigenvalue weighted by Gasteiger charge is -2.19. The largest absolute Gasteiger partial charge is 0.463 e. The Morgan fingerprint density at radius 3 is 1.88 bits per heavy atom. The highest BCUT2D eigenvalue weighted by molar-refractivity contribution is 7.90. The molecule has 0 atom stereocenters. The molecule has 0 unspecified atom stereocenters. The molecule has 0 amide bonds. The van der Waals surface area contributed by atoms with Gasteiger partial charge in [0, 0.05) is 75.3 Å². The zero-order valence-corrected chi connectivity index (χ0v) is 45.2. The van der Waals surface area contributed by atoms with E-state index in [9.17, 15) is 36.0 Å². The van der Waals surface area contributed by atoms with Crippen LogP contribution in [0.25, 0.3) is 61.0 Å². The zero-order chi connectivity index (χ0) is 55.9. The molecule has 18 nitrogen and oxygen atoms in total. The van der Waals surface area contributed by atoms with Crippen LogP contribution in [0.1, 0.15) is 69.4 Å². The molecular formula is C58H54N6O12S2. The van der Waals surface area contributed by atoms with E-state index in [0.717, 1.165) is 19.1 Å². The van der Waals surface area contributed by atoms with Gasteiger partial charge in [-0.2, -0.15) is 0 Å². The molecule has 6 heterocycles. The van der Waals surface area contributed by atoms with E-state index in [4.69, 9.17) is 18.9 Å². The van der Waals surface area contributed by atoms with Gasteiger partial charge >= 0.3 is 23.9 Å². The smallest absolute Gasteiger partial charge is 0.338 e. The first kappa shape index (κ1) is 55.2. The van der Waals surface area contributed by atoms with E-state index in [2.05, 4.69) is 51.1 Å². The number of benzene rings is 4. The molecule has 10 rings (SSSR count). The van der Waals surface area contributed by atoms with Gasteiger partial charge in [-0.3, -0.25) is 9.59 Å². The molecule has 0 spiro atoms. The number of carbonyl (C=O) groups is 4. The Bertz CT molecular complexity index is 4160. The summed E-state index contributed by atoms with van der Waals surface area (Å²) in [7, 11) is -8.04. The molecule has 0 fully saturated rings. The van der Waals surface area contributed by atoms with Gasteiger partial charge in [-0.15, -0.1) is 0 Å². The van der Waals surface area contributed by atoms with Crippen LogP contribution in [0.2, 0.25) is 0 Å². The second-order valence-electron chi connectivity index (χ2n) is 18.4. The fourth-order valence-electron chi connectivity index (χ4n) is 8.42. The molecule has 10 aromatic rings. The third-order valence-electron chi connectivity index (χ3n) is 11.6. The highest BCUT2D eigenvalue weighted by atomic mass is 32.2. The number of fused-ring (bicyclic) bond motifs is 7. The Morgan fingerprint density at radius 2 is 1.26 bits per heavy atom. The number of hydrogen-bond acceptors (Lipinski definition) is 15. The normalized spacial score (nSPS) is 11.9. The third-order valence-corrected chi connectivity index (χ3v) is 15.0. The topological polar surface area (TPSA) is 238 Å². The second-order valence-corrected chi connectivity index (χ2v) is 22.0. The Hall–Kier alpha value is -9.01. The van der Waals surface area contributed by atoms with Crippen molar-refractivity contribution in [2.75, 3.05) is 13.2 Å². The highest BCUT2D eigenvalue weighted by Gasteiger charge is 2.29. The van der Waals surface area contributed by atoms with Crippen molar-refractivity contribution in [2.45, 2.75) is 70.3 Å². The van der Waals surface area contributed by atoms with Gasteiger partial charge in [0.1, 0.15) is 16.8 Å². The van der Waals surface area contributed by atoms with Gasteiger partial charge in [-0.1, -0.05) is 48.0 Å². The Morgan fingerprint density at radius 1 is 0.654 bits per heavy atom. The summed E-state index contributed by atoms with van der Waals surface area (Å²) in [4.78, 5) is 65.4. The molecular weight excluding hydrogens is 1040 g/mol. The molecule has 78 heavy (non-hydrogen) atoms. The van der Waals surface area contributed by atoms with E-state index in [1.54, 1.807) is 95.3 Å². The highest BCUT2D eigenvalue weighted by Crippen LogP contribution is 2.38. The zero-order valence-electron chi connectivity index (χ0n) is 43.6. The average Bonchev–Trinajstić information content (AvgIpc) is 4.20. The number of hydrogen-bond donors (Lipinski definition) is 1. The van der Waals surface area contributed by atoms with Crippen molar-refractivity contribution < 1.29 is 55.0 Å². The van der Waals surface area contributed by atoms with Crippen molar-refractivity contribution in [2.24, 2.45) is 0 Å². The van der Waals surface area contributed by atoms with E-state index in [-0.39, 0.29) is 63.1 Å². The Labute approximate surface area is 449 Å². The van der Waals surface area contributed by atoms with Crippen LogP contribution in [0.15, 0.2) is 168 Å². The number of ether oxygens (including phenoxy) is 4. The summed E-state index contributed by atoms with van der Waals surface area (Å²) in [6.45, 7) is 12.1. The SMILES string of the molecule is CCOC(=O)/C(=C/c1cn(S(=O)(=O)c2ccccc2)c2ncccc12)CC(=O)OC(C)(C)C.CCOC(=O)c1cc(OC(C)=O)c2c(c1)c1cccnc1n2S(=O)(=O)c1ccccc1.Cc1ccc2[nH]c3ncccc3c2c1. The number of aromatic amines is 1. The number of H-pyrrole nitrogens is 1. The first-order valence-electron chi connectivity index (χ1n) is 24.5. The summed E-state index contributed by atoms with van der Waals surface area (Å²) in [5.41, 5.74) is 3.73. The molecule has 20 heteroatoms. The molecule has 0 aliphatic heterocycles. The van der Waals surface area contributed by atoms with Crippen LogP contribution >= 0.6 is 0 Å². The van der Waals surface area contributed by atoms with E-state index in [1.165, 1.54) is 84.3 Å². The van der Waals surface area contributed by atoms with Crippen LogP contribution in [0.5, 0.6) is 5.75 Å². The van der Waals surface area contributed by atoms with Crippen molar-refractivity contribution in [1.82, 2.24) is 27.9 Å². The van der Waals surface area contributed by atoms with Crippen molar-refractivity contribution in [3.8, 4) is 5.75 Å². The van der Waals surface area contributed by atoms with Gasteiger partial charge in [-0.05, 0) is 133 Å². The Balaban J connectivity index is 0.000000165. The van der Waals surface area contributed by atoms with Crippen LogP contribution in [0, 0.1) is 6.92 Å². The molecule has 6 aromatic heterocycles. The molecule has 0 saturated heterocycles. The number of rotatable bonds is 12. The van der Waals surface area contributed by atoms with E-state index < -0.39 is 49.5 Å². The number of nitrogens with one attached hydrogen (secondary N) is 1. The van der Waals surface area contributed by atoms with Gasteiger partial charge in [0.05, 0.1) is 35.0 Å². The molecule has 0 aliphatic rings. The first-order valence-corrected chi connectivity index (χ1v) is 27.4. The minimum atomic E-state index is -4.10. The fraction of sp³-hybridized carbons (Fsp3) is 0.190. The second kappa shape index (κ2) is 23.1. The lowest BCUT2D eigenvalue weighted by atomic mass is 10.1. The number of nitrogens with zero attached hydrogens (tertiary/aromatic N) is 5. The summed E-state index contributed by atoms with van der Waals surface area (Å²) >= 11 is 0. The quantitative estimate of drug-likeness (QED) is 0.0518. The summed E-state index contributed by atoms with van der Waals surface area (Å²) in [5, 5.41) is 3.84. The van der Waals surface area contributed by atoms with Crippen molar-refractivity contribution in [1.29, 1.82) is 0 Å². The minimum Gasteiger partial charge on any atom is -0.463 e.